The lowest BCUT2D eigenvalue weighted by molar-refractivity contribution is -0.142. The van der Waals surface area contributed by atoms with Crippen molar-refractivity contribution < 1.29 is 27.1 Å². The predicted molar refractivity (Wildman–Crippen MR) is 82.4 cm³/mol. The summed E-state index contributed by atoms with van der Waals surface area (Å²) in [5.74, 6) is -0.260. The van der Waals surface area contributed by atoms with Gasteiger partial charge in [0.15, 0.2) is 17.1 Å². The van der Waals surface area contributed by atoms with Gasteiger partial charge in [-0.2, -0.15) is 18.3 Å². The second kappa shape index (κ2) is 6.13. The van der Waals surface area contributed by atoms with Gasteiger partial charge in [0.2, 0.25) is 0 Å². The Hall–Kier alpha value is -2.88. The van der Waals surface area contributed by atoms with Crippen molar-refractivity contribution in [3.8, 4) is 11.5 Å². The molecule has 0 saturated carbocycles. The average molecular weight is 366 g/mol. The molecule has 4 rings (SSSR count). The van der Waals surface area contributed by atoms with Crippen LogP contribution in [0.1, 0.15) is 16.1 Å². The molecule has 0 aromatic carbocycles. The lowest BCUT2D eigenvalue weighted by Crippen LogP contribution is -2.40. The highest BCUT2D eigenvalue weighted by Gasteiger charge is 2.36. The molecule has 1 aliphatic heterocycles. The number of amides is 1. The Morgan fingerprint density at radius 3 is 2.65 bits per heavy atom. The van der Waals surface area contributed by atoms with Crippen LogP contribution in [-0.2, 0) is 10.9 Å². The first kappa shape index (κ1) is 16.6. The Morgan fingerprint density at radius 1 is 1.23 bits per heavy atom. The minimum Gasteiger partial charge on any atom is -0.463 e. The van der Waals surface area contributed by atoms with Crippen molar-refractivity contribution in [3.63, 3.8) is 0 Å². The Kier molecular flexibility index (Phi) is 3.91. The molecule has 0 aliphatic carbocycles. The summed E-state index contributed by atoms with van der Waals surface area (Å²) in [6, 6.07) is 3.89. The molecule has 26 heavy (non-hydrogen) atoms. The van der Waals surface area contributed by atoms with Crippen molar-refractivity contribution in [2.45, 2.75) is 6.18 Å². The van der Waals surface area contributed by atoms with E-state index in [2.05, 4.69) is 10.1 Å². The van der Waals surface area contributed by atoms with Gasteiger partial charge in [-0.05, 0) is 18.2 Å². The first-order valence-corrected chi connectivity index (χ1v) is 7.82. The number of halogens is 3. The van der Waals surface area contributed by atoms with Gasteiger partial charge in [-0.3, -0.25) is 4.79 Å². The highest BCUT2D eigenvalue weighted by atomic mass is 19.4. The molecule has 1 amide bonds. The van der Waals surface area contributed by atoms with Gasteiger partial charge in [-0.25, -0.2) is 9.50 Å². The third kappa shape index (κ3) is 2.81. The van der Waals surface area contributed by atoms with E-state index < -0.39 is 17.8 Å². The van der Waals surface area contributed by atoms with Crippen LogP contribution in [-0.4, -0.2) is 51.7 Å². The van der Waals surface area contributed by atoms with E-state index >= 15 is 0 Å². The number of hydrogen-bond acceptors (Lipinski definition) is 5. The fourth-order valence-electron chi connectivity index (χ4n) is 2.80. The van der Waals surface area contributed by atoms with Gasteiger partial charge in [0, 0.05) is 13.1 Å². The van der Waals surface area contributed by atoms with E-state index in [0.717, 1.165) is 12.3 Å². The second-order valence-corrected chi connectivity index (χ2v) is 5.70. The molecule has 0 spiro atoms. The Balaban J connectivity index is 1.87. The van der Waals surface area contributed by atoms with Crippen LogP contribution in [0.2, 0.25) is 0 Å². The van der Waals surface area contributed by atoms with Crippen molar-refractivity contribution in [2.24, 2.45) is 0 Å². The molecule has 3 aromatic heterocycles. The summed E-state index contributed by atoms with van der Waals surface area (Å²) in [6.45, 7) is 1.48. The summed E-state index contributed by atoms with van der Waals surface area (Å²) in [6.07, 6.45) is -2.22. The minimum atomic E-state index is -4.67. The van der Waals surface area contributed by atoms with Crippen LogP contribution in [0.3, 0.4) is 0 Å². The van der Waals surface area contributed by atoms with Gasteiger partial charge in [0.05, 0.1) is 25.7 Å². The van der Waals surface area contributed by atoms with E-state index in [1.54, 1.807) is 6.07 Å². The van der Waals surface area contributed by atoms with Gasteiger partial charge in [-0.1, -0.05) is 0 Å². The van der Waals surface area contributed by atoms with E-state index in [9.17, 15) is 18.0 Å². The van der Waals surface area contributed by atoms with Crippen molar-refractivity contribution in [1.29, 1.82) is 0 Å². The number of furan rings is 1. The number of aromatic nitrogens is 3. The van der Waals surface area contributed by atoms with Crippen LogP contribution in [0.25, 0.3) is 17.1 Å². The first-order valence-electron chi connectivity index (χ1n) is 7.82. The minimum absolute atomic E-state index is 0.00538. The van der Waals surface area contributed by atoms with E-state index in [1.165, 1.54) is 17.2 Å². The normalized spacial score (nSPS) is 15.6. The maximum Gasteiger partial charge on any atom is 0.433 e. The number of carbonyl (C=O) groups is 1. The van der Waals surface area contributed by atoms with E-state index in [1.807, 2.05) is 0 Å². The molecule has 136 valence electrons. The highest BCUT2D eigenvalue weighted by Crippen LogP contribution is 2.33. The number of hydrogen-bond donors (Lipinski definition) is 0. The van der Waals surface area contributed by atoms with E-state index in [-0.39, 0.29) is 22.7 Å². The van der Waals surface area contributed by atoms with Crippen molar-refractivity contribution in [3.05, 3.63) is 41.9 Å². The molecule has 4 heterocycles. The van der Waals surface area contributed by atoms with Gasteiger partial charge >= 0.3 is 6.18 Å². The molecule has 0 radical (unpaired) electrons. The largest absolute Gasteiger partial charge is 0.463 e. The molecule has 0 N–H and O–H groups in total. The monoisotopic (exact) mass is 366 g/mol. The zero-order chi connectivity index (χ0) is 18.3. The number of morpholine rings is 1. The molecule has 1 saturated heterocycles. The van der Waals surface area contributed by atoms with Crippen molar-refractivity contribution in [2.75, 3.05) is 26.3 Å². The summed E-state index contributed by atoms with van der Waals surface area (Å²) < 4.78 is 51.4. The molecule has 0 bridgehead atoms. The third-order valence-corrected chi connectivity index (χ3v) is 4.06. The zero-order valence-electron chi connectivity index (χ0n) is 13.4. The summed E-state index contributed by atoms with van der Waals surface area (Å²) in [5.41, 5.74) is -1.21. The van der Waals surface area contributed by atoms with E-state index in [0.29, 0.717) is 30.8 Å². The van der Waals surface area contributed by atoms with Crippen LogP contribution < -0.4 is 0 Å². The number of alkyl halides is 3. The predicted octanol–water partition coefficient (Wildman–Crippen LogP) is 2.48. The lowest BCUT2D eigenvalue weighted by Gasteiger charge is -2.26. The number of rotatable bonds is 2. The summed E-state index contributed by atoms with van der Waals surface area (Å²) >= 11 is 0. The molecule has 3 aromatic rings. The molecule has 0 unspecified atom stereocenters. The average Bonchev–Trinajstić information content (AvgIpc) is 3.30. The Morgan fingerprint density at radius 2 is 2.00 bits per heavy atom. The van der Waals surface area contributed by atoms with Gasteiger partial charge < -0.3 is 14.1 Å². The number of fused-ring (bicyclic) bond motifs is 1. The smallest absolute Gasteiger partial charge is 0.433 e. The maximum atomic E-state index is 13.5. The molecular formula is C16H13F3N4O3. The molecule has 7 nitrogen and oxygen atoms in total. The summed E-state index contributed by atoms with van der Waals surface area (Å²) in [4.78, 5) is 18.4. The first-order chi connectivity index (χ1) is 12.4. The molecule has 10 heteroatoms. The standard InChI is InChI=1S/C16H13F3N4O3/c17-16(18,19)13-8-11(12-2-1-5-26-12)21-14-10(9-20-23(13)14)15(24)22-3-6-25-7-4-22/h1-2,5,8-9H,3-4,6-7H2. The molecular weight excluding hydrogens is 353 g/mol. The van der Waals surface area contributed by atoms with Crippen molar-refractivity contribution in [1.82, 2.24) is 19.5 Å². The van der Waals surface area contributed by atoms with Crippen LogP contribution in [0, 0.1) is 0 Å². The SMILES string of the molecule is O=C(c1cnn2c(C(F)(F)F)cc(-c3ccco3)nc12)N1CCOCC1. The molecule has 1 fully saturated rings. The van der Waals surface area contributed by atoms with Gasteiger partial charge in [-0.15, -0.1) is 0 Å². The quantitative estimate of drug-likeness (QED) is 0.697. The Bertz CT molecular complexity index is 944. The summed E-state index contributed by atoms with van der Waals surface area (Å²) in [7, 11) is 0. The van der Waals surface area contributed by atoms with Crippen LogP contribution >= 0.6 is 0 Å². The second-order valence-electron chi connectivity index (χ2n) is 5.70. The van der Waals surface area contributed by atoms with Crippen LogP contribution in [0.15, 0.2) is 35.1 Å². The fourth-order valence-corrected chi connectivity index (χ4v) is 2.80. The Labute approximate surface area is 145 Å². The van der Waals surface area contributed by atoms with Gasteiger partial charge in [0.25, 0.3) is 5.91 Å². The highest BCUT2D eigenvalue weighted by molar-refractivity contribution is 6.00. The zero-order valence-corrected chi connectivity index (χ0v) is 13.4. The number of carbonyl (C=O) groups excluding carboxylic acids is 1. The molecule has 1 aliphatic rings. The van der Waals surface area contributed by atoms with Crippen LogP contribution in [0.4, 0.5) is 13.2 Å². The summed E-state index contributed by atoms with van der Waals surface area (Å²) in [5, 5.41) is 3.75. The maximum absolute atomic E-state index is 13.5. The van der Waals surface area contributed by atoms with E-state index in [4.69, 9.17) is 9.15 Å². The van der Waals surface area contributed by atoms with Gasteiger partial charge in [0.1, 0.15) is 11.3 Å². The van der Waals surface area contributed by atoms with Crippen LogP contribution in [0.5, 0.6) is 0 Å². The topological polar surface area (TPSA) is 72.9 Å². The van der Waals surface area contributed by atoms with Crippen molar-refractivity contribution >= 4 is 11.6 Å². The lowest BCUT2D eigenvalue weighted by atomic mass is 10.2. The molecule has 0 atom stereocenters. The number of nitrogens with zero attached hydrogens (tertiary/aromatic N) is 4. The fraction of sp³-hybridized carbons (Fsp3) is 0.312. The third-order valence-electron chi connectivity index (χ3n) is 4.06. The number of ether oxygens (including phenoxy) is 1.